The highest BCUT2D eigenvalue weighted by atomic mass is 35.5. The van der Waals surface area contributed by atoms with Crippen molar-refractivity contribution in [3.05, 3.63) is 93.8 Å². The summed E-state index contributed by atoms with van der Waals surface area (Å²) >= 11 is 7.19. The van der Waals surface area contributed by atoms with Gasteiger partial charge >= 0.3 is 5.91 Å². The molecule has 0 bridgehead atoms. The molecule has 2 aliphatic heterocycles. The first-order valence-electron chi connectivity index (χ1n) is 11.2. The third-order valence-corrected chi connectivity index (χ3v) is 7.61. The number of amides is 1. The lowest BCUT2D eigenvalue weighted by atomic mass is 9.94. The molecule has 1 fully saturated rings. The van der Waals surface area contributed by atoms with Crippen molar-refractivity contribution in [2.75, 3.05) is 4.90 Å². The van der Waals surface area contributed by atoms with Crippen LogP contribution in [0.15, 0.2) is 66.2 Å². The molecule has 6 rings (SSSR count). The summed E-state index contributed by atoms with van der Waals surface area (Å²) in [5.41, 5.74) is 2.34. The Morgan fingerprint density at radius 1 is 1.14 bits per heavy atom. The molecule has 0 radical (unpaired) electrons. The lowest BCUT2D eigenvalue weighted by molar-refractivity contribution is -0.132. The summed E-state index contributed by atoms with van der Waals surface area (Å²) in [7, 11) is 0. The Morgan fingerprint density at radius 2 is 1.92 bits per heavy atom. The minimum atomic E-state index is -0.948. The lowest BCUT2D eigenvalue weighted by Gasteiger charge is -2.23. The molecule has 9 heteroatoms. The predicted molar refractivity (Wildman–Crippen MR) is 136 cm³/mol. The smallest absolute Gasteiger partial charge is 0.301 e. The van der Waals surface area contributed by atoms with E-state index in [0.717, 1.165) is 22.6 Å². The van der Waals surface area contributed by atoms with E-state index in [1.807, 2.05) is 6.92 Å². The van der Waals surface area contributed by atoms with Crippen molar-refractivity contribution in [3.63, 3.8) is 0 Å². The number of halogens is 2. The van der Waals surface area contributed by atoms with E-state index in [1.165, 1.54) is 23.1 Å². The molecule has 1 saturated heterocycles. The monoisotopic (exact) mass is 520 g/mol. The Labute approximate surface area is 214 Å². The summed E-state index contributed by atoms with van der Waals surface area (Å²) in [5.74, 6) is -1.64. The molecule has 1 N–H and O–H groups in total. The standard InChI is InChI=1S/C27H18ClFN2O4S/c1-13-10-16-11-15(4-9-20(16)35-13)24(32)22-23(14-2-5-17(28)6-3-14)31(26(34)25(22)33)27-30-19-8-7-18(29)12-21(19)36-27/h2-9,11-13,23,32H,10H2,1H3/b24-22-. The summed E-state index contributed by atoms with van der Waals surface area (Å²) in [6, 6.07) is 15.1. The molecule has 3 heterocycles. The second kappa shape index (κ2) is 8.43. The van der Waals surface area contributed by atoms with E-state index in [-0.39, 0.29) is 22.6 Å². The minimum Gasteiger partial charge on any atom is -0.507 e. The number of aromatic nitrogens is 1. The number of aliphatic hydroxyl groups is 1. The topological polar surface area (TPSA) is 79.7 Å². The minimum absolute atomic E-state index is 0.0147. The number of thiazole rings is 1. The molecule has 3 aromatic carbocycles. The molecular formula is C27H18ClFN2O4S. The summed E-state index contributed by atoms with van der Waals surface area (Å²) < 4.78 is 20.1. The average molecular weight is 521 g/mol. The zero-order valence-corrected chi connectivity index (χ0v) is 20.4. The van der Waals surface area contributed by atoms with Gasteiger partial charge in [0.1, 0.15) is 23.4 Å². The summed E-state index contributed by atoms with van der Waals surface area (Å²) in [6.45, 7) is 1.95. The van der Waals surface area contributed by atoms with Crippen LogP contribution < -0.4 is 9.64 Å². The largest absolute Gasteiger partial charge is 0.507 e. The number of hydrogen-bond donors (Lipinski definition) is 1. The number of benzene rings is 3. The van der Waals surface area contributed by atoms with Crippen LogP contribution in [0.4, 0.5) is 9.52 Å². The number of aliphatic hydroxyl groups excluding tert-OH is 1. The van der Waals surface area contributed by atoms with Gasteiger partial charge in [-0.3, -0.25) is 14.5 Å². The van der Waals surface area contributed by atoms with Crippen molar-refractivity contribution in [1.29, 1.82) is 0 Å². The predicted octanol–water partition coefficient (Wildman–Crippen LogP) is 6.04. The van der Waals surface area contributed by atoms with Crippen LogP contribution in [0.1, 0.15) is 29.7 Å². The van der Waals surface area contributed by atoms with Crippen molar-refractivity contribution in [1.82, 2.24) is 4.98 Å². The molecule has 0 aliphatic carbocycles. The highest BCUT2D eigenvalue weighted by Gasteiger charge is 2.48. The maximum atomic E-state index is 13.8. The lowest BCUT2D eigenvalue weighted by Crippen LogP contribution is -2.29. The zero-order valence-electron chi connectivity index (χ0n) is 18.9. The van der Waals surface area contributed by atoms with Crippen LogP contribution >= 0.6 is 22.9 Å². The number of ether oxygens (including phenoxy) is 1. The molecule has 1 amide bonds. The molecule has 2 aliphatic rings. The van der Waals surface area contributed by atoms with Crippen LogP contribution in [0.2, 0.25) is 5.02 Å². The van der Waals surface area contributed by atoms with Crippen LogP contribution in [-0.4, -0.2) is 27.9 Å². The van der Waals surface area contributed by atoms with Crippen molar-refractivity contribution in [2.24, 2.45) is 0 Å². The number of fused-ring (bicyclic) bond motifs is 2. The zero-order chi connectivity index (χ0) is 25.1. The summed E-state index contributed by atoms with van der Waals surface area (Å²) in [5, 5.41) is 12.1. The van der Waals surface area contributed by atoms with Crippen molar-refractivity contribution in [3.8, 4) is 5.75 Å². The molecule has 2 unspecified atom stereocenters. The highest BCUT2D eigenvalue weighted by Crippen LogP contribution is 2.45. The van der Waals surface area contributed by atoms with Crippen molar-refractivity contribution in [2.45, 2.75) is 25.5 Å². The fraction of sp³-hybridized carbons (Fsp3) is 0.148. The molecule has 36 heavy (non-hydrogen) atoms. The van der Waals surface area contributed by atoms with Gasteiger partial charge in [0.05, 0.1) is 21.8 Å². The van der Waals surface area contributed by atoms with Gasteiger partial charge in [-0.05, 0) is 66.6 Å². The molecule has 1 aromatic heterocycles. The molecule has 4 aromatic rings. The van der Waals surface area contributed by atoms with Gasteiger partial charge in [-0.1, -0.05) is 35.1 Å². The van der Waals surface area contributed by atoms with Crippen molar-refractivity contribution >= 4 is 55.7 Å². The number of ketones is 1. The molecule has 0 spiro atoms. The number of nitrogens with zero attached hydrogens (tertiary/aromatic N) is 2. The van der Waals surface area contributed by atoms with Gasteiger partial charge in [-0.2, -0.15) is 0 Å². The normalized spacial score (nSPS) is 20.7. The summed E-state index contributed by atoms with van der Waals surface area (Å²) in [6.07, 6.45) is 0.689. The number of rotatable bonds is 3. The Morgan fingerprint density at radius 3 is 2.69 bits per heavy atom. The Kier molecular flexibility index (Phi) is 5.31. The first-order valence-corrected chi connectivity index (χ1v) is 12.4. The Bertz CT molecular complexity index is 1600. The Hall–Kier alpha value is -3.75. The van der Waals surface area contributed by atoms with E-state index in [1.54, 1.807) is 42.5 Å². The van der Waals surface area contributed by atoms with Gasteiger partial charge in [-0.15, -0.1) is 0 Å². The number of anilines is 1. The second-order valence-electron chi connectivity index (χ2n) is 8.78. The van der Waals surface area contributed by atoms with Gasteiger partial charge in [0, 0.05) is 17.0 Å². The first-order chi connectivity index (χ1) is 17.3. The van der Waals surface area contributed by atoms with E-state index < -0.39 is 23.5 Å². The fourth-order valence-electron chi connectivity index (χ4n) is 4.70. The van der Waals surface area contributed by atoms with Gasteiger partial charge in [0.15, 0.2) is 5.13 Å². The highest BCUT2D eigenvalue weighted by molar-refractivity contribution is 7.22. The van der Waals surface area contributed by atoms with Crippen LogP contribution in [-0.2, 0) is 16.0 Å². The molecule has 6 nitrogen and oxygen atoms in total. The average Bonchev–Trinajstić information content (AvgIpc) is 3.51. The number of Topliss-reactive ketones (excluding diaryl/α,β-unsaturated/α-hetero) is 1. The summed E-state index contributed by atoms with van der Waals surface area (Å²) in [4.78, 5) is 32.5. The molecule has 2 atom stereocenters. The Balaban J connectivity index is 1.53. The van der Waals surface area contributed by atoms with E-state index >= 15 is 0 Å². The van der Waals surface area contributed by atoms with Crippen LogP contribution in [0, 0.1) is 5.82 Å². The third-order valence-electron chi connectivity index (χ3n) is 6.34. The van der Waals surface area contributed by atoms with E-state index in [9.17, 15) is 19.1 Å². The van der Waals surface area contributed by atoms with Gasteiger partial charge in [0.25, 0.3) is 5.78 Å². The van der Waals surface area contributed by atoms with E-state index in [4.69, 9.17) is 16.3 Å². The number of carbonyl (C=O) groups excluding carboxylic acids is 2. The van der Waals surface area contributed by atoms with Gasteiger partial charge in [-0.25, -0.2) is 9.37 Å². The first kappa shape index (κ1) is 22.7. The second-order valence-corrected chi connectivity index (χ2v) is 10.2. The van der Waals surface area contributed by atoms with Gasteiger partial charge < -0.3 is 9.84 Å². The van der Waals surface area contributed by atoms with E-state index in [0.29, 0.717) is 32.8 Å². The van der Waals surface area contributed by atoms with Gasteiger partial charge in [0.2, 0.25) is 0 Å². The quantitative estimate of drug-likeness (QED) is 0.202. The molecular weight excluding hydrogens is 503 g/mol. The van der Waals surface area contributed by atoms with Crippen LogP contribution in [0.5, 0.6) is 5.75 Å². The third kappa shape index (κ3) is 3.65. The maximum absolute atomic E-state index is 13.8. The molecule has 180 valence electrons. The number of carbonyl (C=O) groups is 2. The maximum Gasteiger partial charge on any atom is 0.301 e. The van der Waals surface area contributed by atoms with Crippen molar-refractivity contribution < 1.29 is 23.8 Å². The fourth-order valence-corrected chi connectivity index (χ4v) is 5.85. The SMILES string of the molecule is CC1Cc2cc(/C(O)=C3/C(=O)C(=O)N(c4nc5ccc(F)cc5s4)C3c3ccc(Cl)cc3)ccc2O1. The van der Waals surface area contributed by atoms with Crippen LogP contribution in [0.3, 0.4) is 0 Å². The molecule has 0 saturated carbocycles. The number of hydrogen-bond acceptors (Lipinski definition) is 6. The van der Waals surface area contributed by atoms with Crippen LogP contribution in [0.25, 0.3) is 16.0 Å². The van der Waals surface area contributed by atoms with E-state index in [2.05, 4.69) is 4.98 Å².